The van der Waals surface area contributed by atoms with E-state index in [2.05, 4.69) is 20.9 Å². The van der Waals surface area contributed by atoms with Gasteiger partial charge in [-0.15, -0.1) is 0 Å². The van der Waals surface area contributed by atoms with Crippen LogP contribution < -0.4 is 0 Å². The van der Waals surface area contributed by atoms with Crippen LogP contribution in [0.2, 0.25) is 0 Å². The fraction of sp³-hybridized carbons (Fsp3) is 0.273. The third kappa shape index (κ3) is 2.05. The molecule has 0 aliphatic carbocycles. The van der Waals surface area contributed by atoms with Gasteiger partial charge in [0.15, 0.2) is 0 Å². The second-order valence-corrected chi connectivity index (χ2v) is 4.46. The van der Waals surface area contributed by atoms with Crippen molar-refractivity contribution in [2.75, 3.05) is 14.2 Å². The fourth-order valence-corrected chi connectivity index (χ4v) is 1.83. The van der Waals surface area contributed by atoms with Crippen LogP contribution in [0.1, 0.15) is 16.2 Å². The molecule has 1 amide bonds. The van der Waals surface area contributed by atoms with Crippen molar-refractivity contribution in [3.8, 4) is 0 Å². The summed E-state index contributed by atoms with van der Waals surface area (Å²) in [5.41, 5.74) is 2.09. The number of hydroxylamine groups is 2. The Morgan fingerprint density at radius 1 is 1.53 bits per heavy atom. The minimum atomic E-state index is -0.272. The molecular weight excluding hydrogens is 286 g/mol. The largest absolute Gasteiger partial charge is 0.302 e. The number of aryl methyl sites for hydroxylation is 1. The number of fused-ring (bicyclic) bond motifs is 1. The number of rotatable bonds is 2. The summed E-state index contributed by atoms with van der Waals surface area (Å²) >= 11 is 3.44. The summed E-state index contributed by atoms with van der Waals surface area (Å²) in [4.78, 5) is 21.0. The van der Waals surface area contributed by atoms with Crippen LogP contribution >= 0.6 is 15.9 Å². The van der Waals surface area contributed by atoms with E-state index in [1.165, 1.54) is 7.11 Å². The van der Waals surface area contributed by atoms with E-state index in [0.717, 1.165) is 20.9 Å². The van der Waals surface area contributed by atoms with Gasteiger partial charge in [-0.25, -0.2) is 10.0 Å². The Bertz CT molecular complexity index is 579. The third-order valence-electron chi connectivity index (χ3n) is 2.60. The molecule has 0 radical (unpaired) electrons. The number of hydrogen-bond donors (Lipinski definition) is 0. The average Bonchev–Trinajstić information content (AvgIpc) is 2.76. The van der Waals surface area contributed by atoms with Crippen molar-refractivity contribution in [2.45, 2.75) is 6.92 Å². The molecule has 0 aromatic carbocycles. The molecule has 0 bridgehead atoms. The highest BCUT2D eigenvalue weighted by molar-refractivity contribution is 9.10. The molecule has 2 aromatic heterocycles. The number of aromatic nitrogens is 2. The lowest BCUT2D eigenvalue weighted by atomic mass is 10.4. The molecule has 17 heavy (non-hydrogen) atoms. The van der Waals surface area contributed by atoms with E-state index >= 15 is 0 Å². The molecule has 2 heterocycles. The minimum Gasteiger partial charge on any atom is -0.302 e. The number of amides is 1. The van der Waals surface area contributed by atoms with Crippen LogP contribution in [0.25, 0.3) is 5.65 Å². The SMILES string of the molecule is CON(C)C(=O)c1cn2c(C)c(Br)ccc2n1. The van der Waals surface area contributed by atoms with E-state index in [4.69, 9.17) is 4.84 Å². The summed E-state index contributed by atoms with van der Waals surface area (Å²) in [6, 6.07) is 3.76. The molecule has 0 fully saturated rings. The first-order valence-electron chi connectivity index (χ1n) is 5.01. The van der Waals surface area contributed by atoms with Crippen molar-refractivity contribution in [1.82, 2.24) is 14.4 Å². The highest BCUT2D eigenvalue weighted by Crippen LogP contribution is 2.18. The van der Waals surface area contributed by atoms with E-state index in [1.807, 2.05) is 23.5 Å². The number of imidazole rings is 1. The Morgan fingerprint density at radius 2 is 2.24 bits per heavy atom. The van der Waals surface area contributed by atoms with Crippen LogP contribution in [0.5, 0.6) is 0 Å². The number of halogens is 1. The monoisotopic (exact) mass is 297 g/mol. The molecule has 0 aliphatic heterocycles. The van der Waals surface area contributed by atoms with Gasteiger partial charge in [0.25, 0.3) is 5.91 Å². The predicted octanol–water partition coefficient (Wildman–Crippen LogP) is 2.04. The van der Waals surface area contributed by atoms with Gasteiger partial charge >= 0.3 is 0 Å². The second-order valence-electron chi connectivity index (χ2n) is 3.61. The van der Waals surface area contributed by atoms with E-state index < -0.39 is 0 Å². The lowest BCUT2D eigenvalue weighted by Crippen LogP contribution is -2.25. The minimum absolute atomic E-state index is 0.272. The molecule has 5 nitrogen and oxygen atoms in total. The van der Waals surface area contributed by atoms with Gasteiger partial charge in [-0.05, 0) is 35.0 Å². The first-order chi connectivity index (χ1) is 8.04. The van der Waals surface area contributed by atoms with Gasteiger partial charge < -0.3 is 4.40 Å². The molecule has 0 spiro atoms. The van der Waals surface area contributed by atoms with Crippen molar-refractivity contribution < 1.29 is 9.63 Å². The zero-order valence-electron chi connectivity index (χ0n) is 9.77. The zero-order valence-corrected chi connectivity index (χ0v) is 11.4. The quantitative estimate of drug-likeness (QED) is 0.797. The maximum absolute atomic E-state index is 11.9. The van der Waals surface area contributed by atoms with Gasteiger partial charge in [-0.1, -0.05) is 0 Å². The number of carbonyl (C=O) groups excluding carboxylic acids is 1. The molecule has 90 valence electrons. The van der Waals surface area contributed by atoms with E-state index in [0.29, 0.717) is 5.69 Å². The smallest absolute Gasteiger partial charge is 0.297 e. The number of pyridine rings is 1. The van der Waals surface area contributed by atoms with Gasteiger partial charge in [-0.3, -0.25) is 9.63 Å². The molecule has 2 aromatic rings. The summed E-state index contributed by atoms with van der Waals surface area (Å²) in [5, 5.41) is 1.14. The highest BCUT2D eigenvalue weighted by atomic mass is 79.9. The molecule has 0 N–H and O–H groups in total. The van der Waals surface area contributed by atoms with Crippen LogP contribution in [0, 0.1) is 6.92 Å². The molecule has 0 atom stereocenters. The Morgan fingerprint density at radius 3 is 2.88 bits per heavy atom. The van der Waals surface area contributed by atoms with Crippen LogP contribution in [0.3, 0.4) is 0 Å². The Balaban J connectivity index is 2.52. The molecule has 0 saturated carbocycles. The Kier molecular flexibility index (Phi) is 3.17. The van der Waals surface area contributed by atoms with Gasteiger partial charge in [0.1, 0.15) is 11.3 Å². The summed E-state index contributed by atoms with van der Waals surface area (Å²) in [7, 11) is 2.99. The molecular formula is C11H12BrN3O2. The van der Waals surface area contributed by atoms with Crippen LogP contribution in [-0.2, 0) is 4.84 Å². The standard InChI is InChI=1S/C11H12BrN3O2/c1-7-8(12)4-5-10-13-9(6-15(7)10)11(16)14(2)17-3/h4-6H,1-3H3. The average molecular weight is 298 g/mol. The van der Waals surface area contributed by atoms with E-state index in [-0.39, 0.29) is 5.91 Å². The molecule has 0 unspecified atom stereocenters. The maximum atomic E-state index is 11.9. The van der Waals surface area contributed by atoms with Crippen molar-refractivity contribution in [1.29, 1.82) is 0 Å². The highest BCUT2D eigenvalue weighted by Gasteiger charge is 2.16. The lowest BCUT2D eigenvalue weighted by molar-refractivity contribution is -0.0760. The fourth-order valence-electron chi connectivity index (χ4n) is 1.51. The van der Waals surface area contributed by atoms with Crippen molar-refractivity contribution in [3.63, 3.8) is 0 Å². The second kappa shape index (κ2) is 4.46. The van der Waals surface area contributed by atoms with Crippen LogP contribution in [0.4, 0.5) is 0 Å². The normalized spacial score (nSPS) is 10.8. The van der Waals surface area contributed by atoms with Crippen molar-refractivity contribution in [2.24, 2.45) is 0 Å². The van der Waals surface area contributed by atoms with Gasteiger partial charge in [0.2, 0.25) is 0 Å². The number of carbonyl (C=O) groups is 1. The van der Waals surface area contributed by atoms with Crippen molar-refractivity contribution >= 4 is 27.5 Å². The summed E-state index contributed by atoms with van der Waals surface area (Å²) in [6.07, 6.45) is 1.70. The first kappa shape index (κ1) is 12.1. The van der Waals surface area contributed by atoms with Crippen LogP contribution in [-0.4, -0.2) is 34.5 Å². The number of hydrogen-bond acceptors (Lipinski definition) is 3. The Hall–Kier alpha value is -1.40. The summed E-state index contributed by atoms with van der Waals surface area (Å²) in [5.74, 6) is -0.272. The third-order valence-corrected chi connectivity index (χ3v) is 3.44. The molecule has 0 aliphatic rings. The van der Waals surface area contributed by atoms with Gasteiger partial charge in [0.05, 0.1) is 7.11 Å². The molecule has 0 saturated heterocycles. The maximum Gasteiger partial charge on any atom is 0.297 e. The number of nitrogens with zero attached hydrogens (tertiary/aromatic N) is 3. The summed E-state index contributed by atoms with van der Waals surface area (Å²) < 4.78 is 2.84. The van der Waals surface area contributed by atoms with Gasteiger partial charge in [-0.2, -0.15) is 0 Å². The topological polar surface area (TPSA) is 46.8 Å². The van der Waals surface area contributed by atoms with E-state index in [1.54, 1.807) is 13.2 Å². The molecule has 2 rings (SSSR count). The van der Waals surface area contributed by atoms with Crippen molar-refractivity contribution in [3.05, 3.63) is 34.2 Å². The Labute approximate surface area is 107 Å². The van der Waals surface area contributed by atoms with Gasteiger partial charge in [0, 0.05) is 23.4 Å². The van der Waals surface area contributed by atoms with E-state index in [9.17, 15) is 4.79 Å². The lowest BCUT2D eigenvalue weighted by Gasteiger charge is -2.10. The summed E-state index contributed by atoms with van der Waals surface area (Å²) in [6.45, 7) is 1.95. The van der Waals surface area contributed by atoms with Crippen LogP contribution in [0.15, 0.2) is 22.8 Å². The predicted molar refractivity (Wildman–Crippen MR) is 66.7 cm³/mol. The molecule has 6 heteroatoms. The first-order valence-corrected chi connectivity index (χ1v) is 5.80. The zero-order chi connectivity index (χ0) is 12.6.